The SMILES string of the molecule is CC1CN(Cc2ccccn2)CCN1C(=O)Cc1ccn[nH]1. The van der Waals surface area contributed by atoms with Crippen LogP contribution in [-0.4, -0.2) is 56.6 Å². The van der Waals surface area contributed by atoms with E-state index in [0.717, 1.165) is 37.6 Å². The molecule has 1 aliphatic heterocycles. The molecule has 1 N–H and O–H groups in total. The smallest absolute Gasteiger partial charge is 0.228 e. The average molecular weight is 299 g/mol. The summed E-state index contributed by atoms with van der Waals surface area (Å²) in [6.45, 7) is 5.48. The molecule has 0 aliphatic carbocycles. The van der Waals surface area contributed by atoms with Gasteiger partial charge in [0, 0.05) is 50.3 Å². The van der Waals surface area contributed by atoms with Crippen molar-refractivity contribution in [1.29, 1.82) is 0 Å². The zero-order valence-corrected chi connectivity index (χ0v) is 12.8. The van der Waals surface area contributed by atoms with E-state index in [2.05, 4.69) is 27.0 Å². The highest BCUT2D eigenvalue weighted by Gasteiger charge is 2.27. The summed E-state index contributed by atoms with van der Waals surface area (Å²) in [4.78, 5) is 21.1. The Morgan fingerprint density at radius 1 is 1.32 bits per heavy atom. The molecule has 1 saturated heterocycles. The Morgan fingerprint density at radius 2 is 2.23 bits per heavy atom. The summed E-state index contributed by atoms with van der Waals surface area (Å²) >= 11 is 0. The van der Waals surface area contributed by atoms with Gasteiger partial charge in [0.25, 0.3) is 0 Å². The van der Waals surface area contributed by atoms with Crippen molar-refractivity contribution in [1.82, 2.24) is 25.0 Å². The molecular formula is C16H21N5O. The van der Waals surface area contributed by atoms with Crippen molar-refractivity contribution < 1.29 is 4.79 Å². The number of H-pyrrole nitrogens is 1. The van der Waals surface area contributed by atoms with E-state index in [9.17, 15) is 4.79 Å². The fourth-order valence-corrected chi connectivity index (χ4v) is 2.92. The monoisotopic (exact) mass is 299 g/mol. The molecule has 6 nitrogen and oxygen atoms in total. The maximum Gasteiger partial charge on any atom is 0.228 e. The van der Waals surface area contributed by atoms with Crippen molar-refractivity contribution in [2.75, 3.05) is 19.6 Å². The largest absolute Gasteiger partial charge is 0.337 e. The number of aromatic nitrogens is 3. The van der Waals surface area contributed by atoms with Crippen molar-refractivity contribution in [3.05, 3.63) is 48.0 Å². The van der Waals surface area contributed by atoms with Gasteiger partial charge in [-0.05, 0) is 25.1 Å². The first-order chi connectivity index (χ1) is 10.7. The van der Waals surface area contributed by atoms with Gasteiger partial charge in [-0.1, -0.05) is 6.07 Å². The van der Waals surface area contributed by atoms with Crippen molar-refractivity contribution in [2.24, 2.45) is 0 Å². The number of nitrogens with one attached hydrogen (secondary N) is 1. The third kappa shape index (κ3) is 3.51. The molecule has 0 radical (unpaired) electrons. The summed E-state index contributed by atoms with van der Waals surface area (Å²) in [6, 6.07) is 8.04. The van der Waals surface area contributed by atoms with E-state index in [4.69, 9.17) is 0 Å². The van der Waals surface area contributed by atoms with Gasteiger partial charge in [0.05, 0.1) is 12.1 Å². The van der Waals surface area contributed by atoms with Crippen LogP contribution in [0, 0.1) is 0 Å². The maximum atomic E-state index is 12.4. The van der Waals surface area contributed by atoms with Gasteiger partial charge in [-0.25, -0.2) is 0 Å². The van der Waals surface area contributed by atoms with Crippen molar-refractivity contribution in [3.63, 3.8) is 0 Å². The standard InChI is InChI=1S/C16H21N5O/c1-13-11-20(12-15-4-2-3-6-17-15)8-9-21(13)16(22)10-14-5-7-18-19-14/h2-7,13H,8-12H2,1H3,(H,18,19). The quantitative estimate of drug-likeness (QED) is 0.917. The fraction of sp³-hybridized carbons (Fsp3) is 0.438. The summed E-state index contributed by atoms with van der Waals surface area (Å²) in [5, 5.41) is 6.73. The predicted molar refractivity (Wildman–Crippen MR) is 83.0 cm³/mol. The molecule has 6 heteroatoms. The average Bonchev–Trinajstić information content (AvgIpc) is 3.01. The number of aromatic amines is 1. The van der Waals surface area contributed by atoms with Gasteiger partial charge in [-0.2, -0.15) is 5.10 Å². The number of hydrogen-bond donors (Lipinski definition) is 1. The Labute approximate surface area is 130 Å². The summed E-state index contributed by atoms with van der Waals surface area (Å²) in [7, 11) is 0. The molecule has 1 fully saturated rings. The van der Waals surface area contributed by atoms with E-state index in [-0.39, 0.29) is 11.9 Å². The van der Waals surface area contributed by atoms with E-state index in [1.165, 1.54) is 0 Å². The highest BCUT2D eigenvalue weighted by atomic mass is 16.2. The lowest BCUT2D eigenvalue weighted by molar-refractivity contribution is -0.135. The molecule has 3 heterocycles. The van der Waals surface area contributed by atoms with Crippen molar-refractivity contribution in [3.8, 4) is 0 Å². The molecule has 0 spiro atoms. The molecule has 0 saturated carbocycles. The number of rotatable bonds is 4. The van der Waals surface area contributed by atoms with E-state index in [1.807, 2.05) is 35.4 Å². The van der Waals surface area contributed by atoms with Crippen LogP contribution in [0.4, 0.5) is 0 Å². The highest BCUT2D eigenvalue weighted by Crippen LogP contribution is 2.13. The first-order valence-electron chi connectivity index (χ1n) is 7.62. The van der Waals surface area contributed by atoms with Crippen LogP contribution in [0.5, 0.6) is 0 Å². The topological polar surface area (TPSA) is 65.1 Å². The van der Waals surface area contributed by atoms with Crippen LogP contribution in [0.25, 0.3) is 0 Å². The zero-order valence-electron chi connectivity index (χ0n) is 12.8. The van der Waals surface area contributed by atoms with E-state index >= 15 is 0 Å². The van der Waals surface area contributed by atoms with Crippen LogP contribution in [0.3, 0.4) is 0 Å². The van der Waals surface area contributed by atoms with Crippen LogP contribution in [0.1, 0.15) is 18.3 Å². The Bertz CT molecular complexity index is 598. The van der Waals surface area contributed by atoms with E-state index < -0.39 is 0 Å². The minimum Gasteiger partial charge on any atom is -0.337 e. The fourth-order valence-electron chi connectivity index (χ4n) is 2.92. The number of piperazine rings is 1. The molecule has 3 rings (SSSR count). The van der Waals surface area contributed by atoms with Crippen LogP contribution in [0.15, 0.2) is 36.7 Å². The molecule has 0 bridgehead atoms. The van der Waals surface area contributed by atoms with E-state index in [0.29, 0.717) is 6.42 Å². The van der Waals surface area contributed by atoms with Crippen LogP contribution >= 0.6 is 0 Å². The summed E-state index contributed by atoms with van der Waals surface area (Å²) in [6.07, 6.45) is 3.89. The first kappa shape index (κ1) is 14.7. The van der Waals surface area contributed by atoms with Gasteiger partial charge in [0.15, 0.2) is 0 Å². The first-order valence-corrected chi connectivity index (χ1v) is 7.62. The molecular weight excluding hydrogens is 278 g/mol. The summed E-state index contributed by atoms with van der Waals surface area (Å²) in [5.74, 6) is 0.161. The molecule has 1 aliphatic rings. The Hall–Kier alpha value is -2.21. The van der Waals surface area contributed by atoms with Crippen molar-refractivity contribution in [2.45, 2.75) is 25.9 Å². The molecule has 1 atom stereocenters. The third-order valence-electron chi connectivity index (χ3n) is 4.04. The lowest BCUT2D eigenvalue weighted by Gasteiger charge is -2.39. The number of pyridine rings is 1. The lowest BCUT2D eigenvalue weighted by atomic mass is 10.1. The molecule has 2 aromatic rings. The third-order valence-corrected chi connectivity index (χ3v) is 4.04. The highest BCUT2D eigenvalue weighted by molar-refractivity contribution is 5.78. The lowest BCUT2D eigenvalue weighted by Crippen LogP contribution is -2.54. The van der Waals surface area contributed by atoms with Crippen LogP contribution in [0.2, 0.25) is 0 Å². The molecule has 2 aromatic heterocycles. The number of hydrogen-bond acceptors (Lipinski definition) is 4. The molecule has 1 amide bonds. The van der Waals surface area contributed by atoms with Gasteiger partial charge in [0.2, 0.25) is 5.91 Å². The predicted octanol–water partition coefficient (Wildman–Crippen LogP) is 1.08. The van der Waals surface area contributed by atoms with Crippen LogP contribution < -0.4 is 0 Å². The Kier molecular flexibility index (Phi) is 4.48. The number of nitrogens with zero attached hydrogens (tertiary/aromatic N) is 4. The molecule has 116 valence electrons. The van der Waals surface area contributed by atoms with Gasteiger partial charge in [-0.15, -0.1) is 0 Å². The van der Waals surface area contributed by atoms with Gasteiger partial charge in [0.1, 0.15) is 0 Å². The second kappa shape index (κ2) is 6.70. The number of carbonyl (C=O) groups is 1. The van der Waals surface area contributed by atoms with E-state index in [1.54, 1.807) is 6.20 Å². The van der Waals surface area contributed by atoms with Gasteiger partial charge in [-0.3, -0.25) is 19.8 Å². The summed E-state index contributed by atoms with van der Waals surface area (Å²) < 4.78 is 0. The molecule has 1 unspecified atom stereocenters. The minimum absolute atomic E-state index is 0.161. The second-order valence-electron chi connectivity index (χ2n) is 5.75. The maximum absolute atomic E-state index is 12.4. The minimum atomic E-state index is 0.161. The Morgan fingerprint density at radius 3 is 2.91 bits per heavy atom. The zero-order chi connectivity index (χ0) is 15.4. The normalized spacial score (nSPS) is 19.3. The van der Waals surface area contributed by atoms with Gasteiger partial charge >= 0.3 is 0 Å². The van der Waals surface area contributed by atoms with Gasteiger partial charge < -0.3 is 4.90 Å². The number of carbonyl (C=O) groups excluding carboxylic acids is 1. The molecule has 22 heavy (non-hydrogen) atoms. The summed E-state index contributed by atoms with van der Waals surface area (Å²) in [5.41, 5.74) is 1.94. The molecule has 0 aromatic carbocycles. The van der Waals surface area contributed by atoms with Crippen molar-refractivity contribution >= 4 is 5.91 Å². The number of amides is 1. The van der Waals surface area contributed by atoms with Crippen LogP contribution in [-0.2, 0) is 17.8 Å². The Balaban J connectivity index is 1.54. The second-order valence-corrected chi connectivity index (χ2v) is 5.75.